The van der Waals surface area contributed by atoms with Gasteiger partial charge in [0, 0.05) is 29.9 Å². The van der Waals surface area contributed by atoms with E-state index in [4.69, 9.17) is 9.88 Å². The summed E-state index contributed by atoms with van der Waals surface area (Å²) in [6, 6.07) is 12.0. The van der Waals surface area contributed by atoms with Crippen molar-refractivity contribution >= 4 is 38.7 Å². The number of nitrogens with two attached hydrogens (primary N) is 1. The smallest absolute Gasteiger partial charge is 0.408 e. The molecule has 11 nitrogen and oxygen atoms in total. The first kappa shape index (κ1) is 26.2. The second-order valence-electron chi connectivity index (χ2n) is 7.46. The fraction of sp³-hybridized carbons (Fsp3) is 0.273. The second kappa shape index (κ2) is 12.9. The van der Waals surface area contributed by atoms with Gasteiger partial charge in [0.1, 0.15) is 12.6 Å². The zero-order valence-corrected chi connectivity index (χ0v) is 20.3. The summed E-state index contributed by atoms with van der Waals surface area (Å²) in [5, 5.41) is 12.4. The highest BCUT2D eigenvalue weighted by atomic mass is 32.2. The van der Waals surface area contributed by atoms with E-state index in [2.05, 4.69) is 25.3 Å². The quantitative estimate of drug-likeness (QED) is 0.267. The summed E-state index contributed by atoms with van der Waals surface area (Å²) in [6.45, 7) is 0.139. The van der Waals surface area contributed by atoms with Crippen molar-refractivity contribution in [3.05, 3.63) is 65.8 Å². The third kappa shape index (κ3) is 9.41. The van der Waals surface area contributed by atoms with E-state index in [9.17, 15) is 18.0 Å². The van der Waals surface area contributed by atoms with Crippen LogP contribution in [0.4, 0.5) is 9.93 Å². The standard InChI is InChI=1S/C22H26N6O5S2/c23-35(31,32)25-11-5-4-8-18(27-22(30)33-14-16-9-12-24-13-10-16)20(29)28-21-26-19(15-34-21)17-6-2-1-3-7-17/h1-3,6-7,9-10,12-13,15,18,25H,4-5,8,11,14H2,(H,27,30)(H2,23,31,32)(H,26,28,29)/t18-/m0/s1. The van der Waals surface area contributed by atoms with Gasteiger partial charge in [-0.3, -0.25) is 9.78 Å². The van der Waals surface area contributed by atoms with Crippen molar-refractivity contribution in [2.24, 2.45) is 5.14 Å². The van der Waals surface area contributed by atoms with Crippen LogP contribution < -0.4 is 20.5 Å². The third-order valence-electron chi connectivity index (χ3n) is 4.75. The molecule has 0 bridgehead atoms. The zero-order valence-electron chi connectivity index (χ0n) is 18.7. The predicted octanol–water partition coefficient (Wildman–Crippen LogP) is 2.40. The Kier molecular flexibility index (Phi) is 9.66. The molecule has 35 heavy (non-hydrogen) atoms. The van der Waals surface area contributed by atoms with Crippen molar-refractivity contribution < 1.29 is 22.7 Å². The molecule has 1 aromatic carbocycles. The van der Waals surface area contributed by atoms with Crippen LogP contribution in [0.25, 0.3) is 11.3 Å². The average Bonchev–Trinajstić information content (AvgIpc) is 3.31. The van der Waals surface area contributed by atoms with Crippen molar-refractivity contribution in [3.8, 4) is 11.3 Å². The Labute approximate surface area is 207 Å². The largest absolute Gasteiger partial charge is 0.445 e. The molecule has 0 spiro atoms. The van der Waals surface area contributed by atoms with Crippen molar-refractivity contribution in [3.63, 3.8) is 0 Å². The molecule has 0 saturated heterocycles. The maximum atomic E-state index is 12.9. The molecule has 2 aromatic heterocycles. The molecule has 0 aliphatic rings. The van der Waals surface area contributed by atoms with Gasteiger partial charge in [0.15, 0.2) is 5.13 Å². The first-order valence-electron chi connectivity index (χ1n) is 10.7. The Morgan fingerprint density at radius 2 is 1.83 bits per heavy atom. The summed E-state index contributed by atoms with van der Waals surface area (Å²) in [6.07, 6.45) is 3.52. The minimum Gasteiger partial charge on any atom is -0.445 e. The van der Waals surface area contributed by atoms with E-state index in [1.165, 1.54) is 11.3 Å². The third-order valence-corrected chi connectivity index (χ3v) is 6.12. The van der Waals surface area contributed by atoms with Crippen LogP contribution >= 0.6 is 11.3 Å². The normalized spacial score (nSPS) is 12.0. The number of rotatable bonds is 12. The van der Waals surface area contributed by atoms with Gasteiger partial charge in [-0.1, -0.05) is 30.3 Å². The second-order valence-corrected chi connectivity index (χ2v) is 9.69. The van der Waals surface area contributed by atoms with Crippen LogP contribution in [0.1, 0.15) is 24.8 Å². The summed E-state index contributed by atoms with van der Waals surface area (Å²) in [5.74, 6) is -0.459. The lowest BCUT2D eigenvalue weighted by atomic mass is 10.1. The van der Waals surface area contributed by atoms with Gasteiger partial charge in [0.2, 0.25) is 5.91 Å². The Hall–Kier alpha value is -3.39. The number of hydrogen-bond donors (Lipinski definition) is 4. The van der Waals surface area contributed by atoms with E-state index < -0.39 is 28.3 Å². The fourth-order valence-electron chi connectivity index (χ4n) is 3.03. The molecule has 0 radical (unpaired) electrons. The fourth-order valence-corrected chi connectivity index (χ4v) is 4.19. The average molecular weight is 519 g/mol. The molecular formula is C22H26N6O5S2. The van der Waals surface area contributed by atoms with Crippen molar-refractivity contribution in [1.29, 1.82) is 0 Å². The predicted molar refractivity (Wildman–Crippen MR) is 132 cm³/mol. The number of anilines is 1. The molecule has 0 aliphatic carbocycles. The summed E-state index contributed by atoms with van der Waals surface area (Å²) >= 11 is 1.27. The van der Waals surface area contributed by atoms with Crippen LogP contribution in [0.2, 0.25) is 0 Å². The number of ether oxygens (including phenoxy) is 1. The van der Waals surface area contributed by atoms with E-state index in [1.54, 1.807) is 24.5 Å². The molecule has 0 aliphatic heterocycles. The SMILES string of the molecule is NS(=O)(=O)NCCCC[C@H](NC(=O)OCc1ccncc1)C(=O)Nc1nc(-c2ccccc2)cs1. The van der Waals surface area contributed by atoms with Crippen molar-refractivity contribution in [1.82, 2.24) is 20.0 Å². The number of unbranched alkanes of at least 4 members (excludes halogenated alkanes) is 1. The van der Waals surface area contributed by atoms with Gasteiger partial charge >= 0.3 is 6.09 Å². The summed E-state index contributed by atoms with van der Waals surface area (Å²) in [5.41, 5.74) is 2.39. The molecule has 0 fully saturated rings. The van der Waals surface area contributed by atoms with Crippen LogP contribution in [0.15, 0.2) is 60.2 Å². The van der Waals surface area contributed by atoms with Gasteiger partial charge in [0.25, 0.3) is 10.2 Å². The van der Waals surface area contributed by atoms with E-state index in [-0.39, 0.29) is 19.6 Å². The number of alkyl carbamates (subject to hydrolysis) is 1. The Bertz CT molecular complexity index is 1210. The minimum atomic E-state index is -3.79. The maximum Gasteiger partial charge on any atom is 0.408 e. The number of nitrogens with zero attached hydrogens (tertiary/aromatic N) is 2. The van der Waals surface area contributed by atoms with Gasteiger partial charge in [-0.2, -0.15) is 8.42 Å². The highest BCUT2D eigenvalue weighted by molar-refractivity contribution is 7.87. The number of amides is 2. The van der Waals surface area contributed by atoms with Gasteiger partial charge in [-0.05, 0) is 37.0 Å². The van der Waals surface area contributed by atoms with Crippen molar-refractivity contribution in [2.45, 2.75) is 31.9 Å². The number of carbonyl (C=O) groups is 2. The van der Waals surface area contributed by atoms with Crippen LogP contribution in [-0.2, 0) is 26.3 Å². The summed E-state index contributed by atoms with van der Waals surface area (Å²) in [4.78, 5) is 33.6. The molecular weight excluding hydrogens is 492 g/mol. The first-order chi connectivity index (χ1) is 16.8. The van der Waals surface area contributed by atoms with Crippen LogP contribution in [0.5, 0.6) is 0 Å². The lowest BCUT2D eigenvalue weighted by molar-refractivity contribution is -0.118. The van der Waals surface area contributed by atoms with E-state index in [0.29, 0.717) is 18.0 Å². The van der Waals surface area contributed by atoms with E-state index in [1.807, 2.05) is 35.7 Å². The molecule has 13 heteroatoms. The zero-order chi connectivity index (χ0) is 25.1. The van der Waals surface area contributed by atoms with Crippen molar-refractivity contribution in [2.75, 3.05) is 11.9 Å². The van der Waals surface area contributed by atoms with Gasteiger partial charge in [-0.25, -0.2) is 19.6 Å². The van der Waals surface area contributed by atoms with E-state index in [0.717, 1.165) is 16.8 Å². The van der Waals surface area contributed by atoms with Gasteiger partial charge in [-0.15, -0.1) is 11.3 Å². The van der Waals surface area contributed by atoms with Gasteiger partial charge < -0.3 is 15.4 Å². The first-order valence-corrected chi connectivity index (χ1v) is 13.1. The molecule has 5 N–H and O–H groups in total. The van der Waals surface area contributed by atoms with E-state index >= 15 is 0 Å². The molecule has 2 amide bonds. The number of carbonyl (C=O) groups excluding carboxylic acids is 2. The van der Waals surface area contributed by atoms with Gasteiger partial charge in [0.05, 0.1) is 5.69 Å². The topological polar surface area (TPSA) is 165 Å². The lowest BCUT2D eigenvalue weighted by Crippen LogP contribution is -2.44. The molecule has 1 atom stereocenters. The number of thiazole rings is 1. The number of aromatic nitrogens is 2. The number of hydrogen-bond acceptors (Lipinski definition) is 8. The maximum absolute atomic E-state index is 12.9. The molecule has 0 saturated carbocycles. The minimum absolute atomic E-state index is 0.0217. The Morgan fingerprint density at radius 3 is 2.54 bits per heavy atom. The molecule has 2 heterocycles. The molecule has 3 rings (SSSR count). The van der Waals surface area contributed by atoms with Crippen LogP contribution in [0, 0.1) is 0 Å². The Morgan fingerprint density at radius 1 is 1.09 bits per heavy atom. The molecule has 0 unspecified atom stereocenters. The highest BCUT2D eigenvalue weighted by Crippen LogP contribution is 2.24. The number of benzene rings is 1. The molecule has 3 aromatic rings. The monoisotopic (exact) mass is 518 g/mol. The molecule has 186 valence electrons. The summed E-state index contributed by atoms with van der Waals surface area (Å²) in [7, 11) is -3.79. The van der Waals surface area contributed by atoms with Crippen LogP contribution in [-0.4, -0.2) is 43.0 Å². The Balaban J connectivity index is 1.59. The highest BCUT2D eigenvalue weighted by Gasteiger charge is 2.22. The number of nitrogens with one attached hydrogen (secondary N) is 3. The van der Waals surface area contributed by atoms with Crippen LogP contribution in [0.3, 0.4) is 0 Å². The summed E-state index contributed by atoms with van der Waals surface area (Å²) < 4.78 is 29.4. The number of pyridine rings is 1. The lowest BCUT2D eigenvalue weighted by Gasteiger charge is -2.17.